The number of esters is 1. The van der Waals surface area contributed by atoms with Gasteiger partial charge in [0, 0.05) is 17.3 Å². The Morgan fingerprint density at radius 1 is 1.09 bits per heavy atom. The van der Waals surface area contributed by atoms with Crippen molar-refractivity contribution in [2.24, 2.45) is 0 Å². The van der Waals surface area contributed by atoms with Crippen LogP contribution in [0.3, 0.4) is 0 Å². The Labute approximate surface area is 180 Å². The number of hydrogen-bond acceptors (Lipinski definition) is 4. The van der Waals surface area contributed by atoms with Gasteiger partial charge in [-0.3, -0.25) is 14.7 Å². The van der Waals surface area contributed by atoms with E-state index in [0.717, 1.165) is 29.0 Å². The van der Waals surface area contributed by atoms with Crippen LogP contribution in [-0.2, 0) is 28.7 Å². The lowest BCUT2D eigenvalue weighted by Gasteiger charge is -2.08. The molecule has 0 radical (unpaired) electrons. The quantitative estimate of drug-likeness (QED) is 0.469. The molecule has 0 atom stereocenters. The Morgan fingerprint density at radius 2 is 1.78 bits per heavy atom. The molecule has 0 fully saturated rings. The molecule has 4 rings (SSSR count). The van der Waals surface area contributed by atoms with E-state index in [4.69, 9.17) is 4.74 Å². The first-order valence-electron chi connectivity index (χ1n) is 9.71. The predicted molar refractivity (Wildman–Crippen MR) is 111 cm³/mol. The first kappa shape index (κ1) is 21.4. The number of nitrogens with one attached hydrogen (secondary N) is 1. The molecule has 32 heavy (non-hydrogen) atoms. The van der Waals surface area contributed by atoms with Crippen LogP contribution in [0, 0.1) is 6.92 Å². The van der Waals surface area contributed by atoms with Crippen molar-refractivity contribution in [3.8, 4) is 11.1 Å². The SMILES string of the molecule is Cc1[nH]n2c(=O)cc(COC(=O)Cc3ccc(C(F)(F)F)cc3)nc2c1-c1ccccc1. The van der Waals surface area contributed by atoms with Crippen LogP contribution in [0.5, 0.6) is 0 Å². The fourth-order valence-corrected chi connectivity index (χ4v) is 3.40. The van der Waals surface area contributed by atoms with Crippen molar-refractivity contribution in [3.05, 3.63) is 93.5 Å². The minimum atomic E-state index is -4.44. The van der Waals surface area contributed by atoms with Gasteiger partial charge in [0.15, 0.2) is 5.65 Å². The van der Waals surface area contributed by atoms with Crippen LogP contribution in [0.25, 0.3) is 16.8 Å². The summed E-state index contributed by atoms with van der Waals surface area (Å²) in [6.07, 6.45) is -4.63. The van der Waals surface area contributed by atoms with E-state index < -0.39 is 17.7 Å². The Balaban J connectivity index is 1.51. The van der Waals surface area contributed by atoms with E-state index in [0.29, 0.717) is 11.2 Å². The number of aryl methyl sites for hydroxylation is 1. The van der Waals surface area contributed by atoms with Crippen LogP contribution in [0.15, 0.2) is 65.5 Å². The van der Waals surface area contributed by atoms with Gasteiger partial charge in [-0.25, -0.2) is 9.50 Å². The van der Waals surface area contributed by atoms with Crippen LogP contribution in [0.4, 0.5) is 13.2 Å². The molecule has 164 valence electrons. The number of H-pyrrole nitrogens is 1. The maximum atomic E-state index is 12.6. The van der Waals surface area contributed by atoms with E-state index in [2.05, 4.69) is 10.1 Å². The van der Waals surface area contributed by atoms with Gasteiger partial charge in [-0.1, -0.05) is 42.5 Å². The molecule has 0 aliphatic heterocycles. The van der Waals surface area contributed by atoms with Gasteiger partial charge in [0.05, 0.1) is 17.7 Å². The monoisotopic (exact) mass is 441 g/mol. The van der Waals surface area contributed by atoms with Gasteiger partial charge >= 0.3 is 12.1 Å². The van der Waals surface area contributed by atoms with Crippen molar-refractivity contribution in [2.45, 2.75) is 26.1 Å². The summed E-state index contributed by atoms with van der Waals surface area (Å²) in [4.78, 5) is 29.1. The smallest absolute Gasteiger partial charge is 0.416 e. The number of ether oxygens (including phenoxy) is 1. The van der Waals surface area contributed by atoms with Crippen molar-refractivity contribution in [3.63, 3.8) is 0 Å². The second-order valence-corrected chi connectivity index (χ2v) is 7.25. The van der Waals surface area contributed by atoms with Gasteiger partial charge in [-0.2, -0.15) is 13.2 Å². The zero-order chi connectivity index (χ0) is 22.9. The molecule has 6 nitrogen and oxygen atoms in total. The molecule has 0 spiro atoms. The zero-order valence-corrected chi connectivity index (χ0v) is 16.9. The van der Waals surface area contributed by atoms with E-state index in [-0.39, 0.29) is 24.3 Å². The van der Waals surface area contributed by atoms with Crippen molar-refractivity contribution in [1.29, 1.82) is 0 Å². The average Bonchev–Trinajstić information content (AvgIpc) is 3.09. The minimum Gasteiger partial charge on any atom is -0.459 e. The molecule has 2 aromatic heterocycles. The molecule has 0 bridgehead atoms. The summed E-state index contributed by atoms with van der Waals surface area (Å²) in [5.41, 5.74) is 2.34. The standard InChI is InChI=1S/C23H18F3N3O3/c1-14-21(16-5-3-2-4-6-16)22-27-18(12-19(30)29(22)28-14)13-32-20(31)11-15-7-9-17(10-8-15)23(24,25)26/h2-10,12,28H,11,13H2,1H3. The first-order chi connectivity index (χ1) is 15.2. The van der Waals surface area contributed by atoms with Crippen molar-refractivity contribution < 1.29 is 22.7 Å². The Hall–Kier alpha value is -3.88. The van der Waals surface area contributed by atoms with Crippen LogP contribution < -0.4 is 5.56 Å². The van der Waals surface area contributed by atoms with Gasteiger partial charge < -0.3 is 4.74 Å². The molecule has 4 aromatic rings. The molecule has 0 unspecified atom stereocenters. The fourth-order valence-electron chi connectivity index (χ4n) is 3.40. The van der Waals surface area contributed by atoms with Gasteiger partial charge in [0.1, 0.15) is 6.61 Å². The first-order valence-corrected chi connectivity index (χ1v) is 9.71. The number of carbonyl (C=O) groups is 1. The molecular weight excluding hydrogens is 423 g/mol. The second-order valence-electron chi connectivity index (χ2n) is 7.25. The number of nitrogens with zero attached hydrogens (tertiary/aromatic N) is 2. The van der Waals surface area contributed by atoms with Crippen LogP contribution >= 0.6 is 0 Å². The number of halogens is 3. The van der Waals surface area contributed by atoms with Crippen molar-refractivity contribution in [1.82, 2.24) is 14.6 Å². The van der Waals surface area contributed by atoms with Crippen LogP contribution in [0.2, 0.25) is 0 Å². The highest BCUT2D eigenvalue weighted by Crippen LogP contribution is 2.29. The molecular formula is C23H18F3N3O3. The molecule has 0 amide bonds. The number of aromatic amines is 1. The predicted octanol–water partition coefficient (Wildman–Crippen LogP) is 4.30. The number of carbonyl (C=O) groups excluding carboxylic acids is 1. The third-order valence-electron chi connectivity index (χ3n) is 4.92. The minimum absolute atomic E-state index is 0.197. The molecule has 1 N–H and O–H groups in total. The van der Waals surface area contributed by atoms with E-state index in [9.17, 15) is 22.8 Å². The average molecular weight is 441 g/mol. The number of rotatable bonds is 5. The third kappa shape index (κ3) is 4.41. The molecule has 2 heterocycles. The second kappa shape index (κ2) is 8.33. The number of aromatic nitrogens is 3. The van der Waals surface area contributed by atoms with Crippen LogP contribution in [-0.4, -0.2) is 20.6 Å². The molecule has 0 aliphatic rings. The topological polar surface area (TPSA) is 76.5 Å². The maximum absolute atomic E-state index is 12.6. The summed E-state index contributed by atoms with van der Waals surface area (Å²) in [6, 6.07) is 15.0. The summed E-state index contributed by atoms with van der Waals surface area (Å²) in [7, 11) is 0. The van der Waals surface area contributed by atoms with Gasteiger partial charge in [-0.05, 0) is 30.2 Å². The van der Waals surface area contributed by atoms with E-state index >= 15 is 0 Å². The number of hydrogen-bond donors (Lipinski definition) is 1. The third-order valence-corrected chi connectivity index (χ3v) is 4.92. The summed E-state index contributed by atoms with van der Waals surface area (Å²) >= 11 is 0. The van der Waals surface area contributed by atoms with E-state index in [1.165, 1.54) is 22.7 Å². The fraction of sp³-hybridized carbons (Fsp3) is 0.174. The largest absolute Gasteiger partial charge is 0.459 e. The van der Waals surface area contributed by atoms with E-state index in [1.54, 1.807) is 0 Å². The lowest BCUT2D eigenvalue weighted by Crippen LogP contribution is -2.17. The van der Waals surface area contributed by atoms with E-state index in [1.807, 2.05) is 37.3 Å². The molecule has 0 aliphatic carbocycles. The summed E-state index contributed by atoms with van der Waals surface area (Å²) in [5.74, 6) is -0.639. The molecule has 0 saturated carbocycles. The Morgan fingerprint density at radius 3 is 2.44 bits per heavy atom. The highest BCUT2D eigenvalue weighted by molar-refractivity contribution is 5.79. The lowest BCUT2D eigenvalue weighted by molar-refractivity contribution is -0.144. The molecule has 9 heteroatoms. The highest BCUT2D eigenvalue weighted by Gasteiger charge is 2.30. The molecule has 0 saturated heterocycles. The highest BCUT2D eigenvalue weighted by atomic mass is 19.4. The zero-order valence-electron chi connectivity index (χ0n) is 16.9. The maximum Gasteiger partial charge on any atom is 0.416 e. The van der Waals surface area contributed by atoms with Gasteiger partial charge in [0.25, 0.3) is 5.56 Å². The Bertz CT molecular complexity index is 1320. The number of benzene rings is 2. The number of alkyl halides is 3. The lowest BCUT2D eigenvalue weighted by atomic mass is 10.1. The van der Waals surface area contributed by atoms with Crippen LogP contribution in [0.1, 0.15) is 22.5 Å². The summed E-state index contributed by atoms with van der Waals surface area (Å²) in [5, 5.41) is 2.99. The number of fused-ring (bicyclic) bond motifs is 1. The van der Waals surface area contributed by atoms with Crippen molar-refractivity contribution in [2.75, 3.05) is 0 Å². The molecule has 2 aromatic carbocycles. The van der Waals surface area contributed by atoms with Gasteiger partial charge in [0.2, 0.25) is 0 Å². The summed E-state index contributed by atoms with van der Waals surface area (Å²) < 4.78 is 44.5. The van der Waals surface area contributed by atoms with Crippen molar-refractivity contribution >= 4 is 11.6 Å². The normalized spacial score (nSPS) is 11.6. The summed E-state index contributed by atoms with van der Waals surface area (Å²) in [6.45, 7) is 1.60. The van der Waals surface area contributed by atoms with Gasteiger partial charge in [-0.15, -0.1) is 0 Å². The Kier molecular flexibility index (Phi) is 5.56.